The molecule has 0 radical (unpaired) electrons. The lowest BCUT2D eigenvalue weighted by Gasteiger charge is -2.18. The van der Waals surface area contributed by atoms with Crippen LogP contribution >= 0.6 is 0 Å². The lowest BCUT2D eigenvalue weighted by molar-refractivity contribution is -0.137. The number of hydrogen-bond acceptors (Lipinski definition) is 3. The molecule has 9 heteroatoms. The zero-order valence-electron chi connectivity index (χ0n) is 10.9. The maximum Gasteiger partial charge on any atom is 0.416 e. The Balaban J connectivity index is 3.13. The molecule has 0 aliphatic rings. The topological polar surface area (TPSA) is 89.9 Å². The third-order valence-corrected chi connectivity index (χ3v) is 2.60. The fraction of sp³-hybridized carbons (Fsp3) is 0.333. The van der Waals surface area contributed by atoms with Crippen LogP contribution in [0.4, 0.5) is 23.7 Å². The molecule has 0 heterocycles. The fourth-order valence-corrected chi connectivity index (χ4v) is 1.47. The second-order valence-electron chi connectivity index (χ2n) is 4.14. The minimum atomic E-state index is -4.66. The van der Waals surface area contributed by atoms with Crippen molar-refractivity contribution in [2.75, 3.05) is 25.5 Å². The lowest BCUT2D eigenvalue weighted by atomic mass is 10.1. The summed E-state index contributed by atoms with van der Waals surface area (Å²) in [5.41, 5.74) is -2.01. The van der Waals surface area contributed by atoms with Gasteiger partial charge in [0.05, 0.1) is 23.4 Å². The maximum absolute atomic E-state index is 12.6. The third-order valence-electron chi connectivity index (χ3n) is 2.60. The molecule has 1 aromatic rings. The molecular formula is C12H13F3N2O4. The molecule has 0 fully saturated rings. The first-order valence-corrected chi connectivity index (χ1v) is 5.74. The van der Waals surface area contributed by atoms with Crippen LogP contribution in [0.15, 0.2) is 18.2 Å². The zero-order valence-corrected chi connectivity index (χ0v) is 10.9. The number of nitrogens with one attached hydrogen (secondary N) is 1. The number of urea groups is 1. The van der Waals surface area contributed by atoms with Crippen molar-refractivity contribution < 1.29 is 33.0 Å². The first-order chi connectivity index (χ1) is 9.66. The second kappa shape index (κ2) is 6.44. The summed E-state index contributed by atoms with van der Waals surface area (Å²) in [5, 5.41) is 19.7. The van der Waals surface area contributed by atoms with Gasteiger partial charge in [-0.1, -0.05) is 0 Å². The molecule has 0 saturated carbocycles. The number of benzene rings is 1. The SMILES string of the molecule is CN(CCO)C(=O)Nc1cc(C(F)(F)F)ccc1C(=O)O. The highest BCUT2D eigenvalue weighted by atomic mass is 19.4. The fourth-order valence-electron chi connectivity index (χ4n) is 1.47. The first kappa shape index (κ1) is 16.8. The summed E-state index contributed by atoms with van der Waals surface area (Å²) in [6, 6.07) is 1.11. The normalized spacial score (nSPS) is 11.1. The Morgan fingerprint density at radius 3 is 2.43 bits per heavy atom. The quantitative estimate of drug-likeness (QED) is 0.792. The number of carbonyl (C=O) groups excluding carboxylic acids is 1. The van der Waals surface area contributed by atoms with Gasteiger partial charge >= 0.3 is 18.2 Å². The molecule has 116 valence electrons. The molecule has 21 heavy (non-hydrogen) atoms. The number of aromatic carboxylic acids is 1. The smallest absolute Gasteiger partial charge is 0.416 e. The van der Waals surface area contributed by atoms with E-state index >= 15 is 0 Å². The Morgan fingerprint density at radius 2 is 1.95 bits per heavy atom. The summed E-state index contributed by atoms with van der Waals surface area (Å²) >= 11 is 0. The van der Waals surface area contributed by atoms with Gasteiger partial charge in [-0.05, 0) is 18.2 Å². The van der Waals surface area contributed by atoms with Crippen molar-refractivity contribution in [2.45, 2.75) is 6.18 Å². The van der Waals surface area contributed by atoms with Crippen molar-refractivity contribution in [3.63, 3.8) is 0 Å². The van der Waals surface area contributed by atoms with E-state index in [-0.39, 0.29) is 13.2 Å². The number of carbonyl (C=O) groups is 2. The van der Waals surface area contributed by atoms with Crippen LogP contribution in [0.5, 0.6) is 0 Å². The predicted molar refractivity (Wildman–Crippen MR) is 67.1 cm³/mol. The van der Waals surface area contributed by atoms with Gasteiger partial charge in [0.2, 0.25) is 0 Å². The van der Waals surface area contributed by atoms with Crippen LogP contribution < -0.4 is 5.32 Å². The number of anilines is 1. The van der Waals surface area contributed by atoms with E-state index in [1.807, 2.05) is 0 Å². The number of likely N-dealkylation sites (N-methyl/N-ethyl adjacent to an activating group) is 1. The number of alkyl halides is 3. The number of aliphatic hydroxyl groups excluding tert-OH is 1. The summed E-state index contributed by atoms with van der Waals surface area (Å²) in [5.74, 6) is -1.47. The Hall–Kier alpha value is -2.29. The van der Waals surface area contributed by atoms with Crippen LogP contribution in [-0.2, 0) is 6.18 Å². The van der Waals surface area contributed by atoms with E-state index in [2.05, 4.69) is 5.32 Å². The van der Waals surface area contributed by atoms with Gasteiger partial charge in [-0.25, -0.2) is 9.59 Å². The number of halogens is 3. The van der Waals surface area contributed by atoms with Gasteiger partial charge in [0.15, 0.2) is 0 Å². The van der Waals surface area contributed by atoms with E-state index in [1.54, 1.807) is 0 Å². The largest absolute Gasteiger partial charge is 0.478 e. The molecule has 3 N–H and O–H groups in total. The maximum atomic E-state index is 12.6. The molecule has 2 amide bonds. The standard InChI is InChI=1S/C12H13F3N2O4/c1-17(4-5-18)11(21)16-9-6-7(12(13,14)15)2-3-8(9)10(19)20/h2-3,6,18H,4-5H2,1H3,(H,16,21)(H,19,20). The van der Waals surface area contributed by atoms with E-state index in [9.17, 15) is 22.8 Å². The monoisotopic (exact) mass is 306 g/mol. The van der Waals surface area contributed by atoms with Crippen LogP contribution in [0.25, 0.3) is 0 Å². The van der Waals surface area contributed by atoms with E-state index < -0.39 is 35.0 Å². The van der Waals surface area contributed by atoms with Crippen molar-refractivity contribution >= 4 is 17.7 Å². The molecule has 1 rings (SSSR count). The minimum absolute atomic E-state index is 0.0484. The average molecular weight is 306 g/mol. The predicted octanol–water partition coefficient (Wildman–Crippen LogP) is 1.86. The van der Waals surface area contributed by atoms with Gasteiger partial charge in [-0.3, -0.25) is 0 Å². The van der Waals surface area contributed by atoms with E-state index in [1.165, 1.54) is 7.05 Å². The summed E-state index contributed by atoms with van der Waals surface area (Å²) in [7, 11) is 1.31. The van der Waals surface area contributed by atoms with Gasteiger partial charge in [0.1, 0.15) is 0 Å². The Bertz CT molecular complexity index is 546. The number of carboxylic acids is 1. The average Bonchev–Trinajstić information content (AvgIpc) is 2.37. The Morgan fingerprint density at radius 1 is 1.33 bits per heavy atom. The van der Waals surface area contributed by atoms with Crippen LogP contribution in [0.1, 0.15) is 15.9 Å². The Labute approximate surface area is 117 Å². The van der Waals surface area contributed by atoms with Gasteiger partial charge in [-0.2, -0.15) is 13.2 Å². The highest BCUT2D eigenvalue weighted by molar-refractivity contribution is 6.00. The first-order valence-electron chi connectivity index (χ1n) is 5.74. The molecule has 0 spiro atoms. The van der Waals surface area contributed by atoms with Crippen molar-refractivity contribution in [3.05, 3.63) is 29.3 Å². The number of carboxylic acid groups (broad SMARTS) is 1. The molecule has 0 aliphatic heterocycles. The summed E-state index contributed by atoms with van der Waals surface area (Å²) in [6.07, 6.45) is -4.66. The van der Waals surface area contributed by atoms with Crippen LogP contribution in [-0.4, -0.2) is 47.3 Å². The zero-order chi connectivity index (χ0) is 16.2. The second-order valence-corrected chi connectivity index (χ2v) is 4.14. The number of nitrogens with zero attached hydrogens (tertiary/aromatic N) is 1. The molecule has 0 saturated heterocycles. The minimum Gasteiger partial charge on any atom is -0.478 e. The Kier molecular flexibility index (Phi) is 5.14. The molecule has 0 bridgehead atoms. The molecule has 6 nitrogen and oxygen atoms in total. The molecule has 0 unspecified atom stereocenters. The van der Waals surface area contributed by atoms with Crippen LogP contribution in [0, 0.1) is 0 Å². The number of rotatable bonds is 4. The van der Waals surface area contributed by atoms with Crippen molar-refractivity contribution in [1.29, 1.82) is 0 Å². The third kappa shape index (κ3) is 4.35. The number of aliphatic hydroxyl groups is 1. The molecule has 0 aliphatic carbocycles. The van der Waals surface area contributed by atoms with E-state index in [0.29, 0.717) is 12.1 Å². The molecule has 1 aromatic carbocycles. The lowest BCUT2D eigenvalue weighted by Crippen LogP contribution is -2.34. The molecular weight excluding hydrogens is 293 g/mol. The van der Waals surface area contributed by atoms with Crippen molar-refractivity contribution in [1.82, 2.24) is 4.90 Å². The summed E-state index contributed by atoms with van der Waals surface area (Å²) in [6.45, 7) is -0.383. The van der Waals surface area contributed by atoms with Crippen molar-refractivity contribution in [2.24, 2.45) is 0 Å². The molecule has 0 aromatic heterocycles. The van der Waals surface area contributed by atoms with E-state index in [0.717, 1.165) is 11.0 Å². The van der Waals surface area contributed by atoms with Gasteiger partial charge in [0, 0.05) is 13.6 Å². The van der Waals surface area contributed by atoms with Gasteiger partial charge in [0.25, 0.3) is 0 Å². The van der Waals surface area contributed by atoms with Crippen LogP contribution in [0.2, 0.25) is 0 Å². The van der Waals surface area contributed by atoms with E-state index in [4.69, 9.17) is 10.2 Å². The van der Waals surface area contributed by atoms with Crippen LogP contribution in [0.3, 0.4) is 0 Å². The van der Waals surface area contributed by atoms with Crippen molar-refractivity contribution in [3.8, 4) is 0 Å². The number of hydrogen-bond donors (Lipinski definition) is 3. The molecule has 0 atom stereocenters. The van der Waals surface area contributed by atoms with Gasteiger partial charge < -0.3 is 20.4 Å². The number of amides is 2. The van der Waals surface area contributed by atoms with Gasteiger partial charge in [-0.15, -0.1) is 0 Å². The summed E-state index contributed by atoms with van der Waals surface area (Å²) in [4.78, 5) is 23.6. The highest BCUT2D eigenvalue weighted by Gasteiger charge is 2.31. The summed E-state index contributed by atoms with van der Waals surface area (Å²) < 4.78 is 37.8. The highest BCUT2D eigenvalue weighted by Crippen LogP contribution is 2.32.